The van der Waals surface area contributed by atoms with Gasteiger partial charge in [-0.2, -0.15) is 0 Å². The van der Waals surface area contributed by atoms with Gasteiger partial charge in [-0.3, -0.25) is 4.99 Å². The average molecular weight is 378 g/mol. The largest absolute Gasteiger partial charge is 0.364 e. The van der Waals surface area contributed by atoms with E-state index < -0.39 is 0 Å². The summed E-state index contributed by atoms with van der Waals surface area (Å²) < 4.78 is 4.82. The average Bonchev–Trinajstić information content (AvgIpc) is 2.81. The maximum absolute atomic E-state index is 4.82. The summed E-state index contributed by atoms with van der Waals surface area (Å²) in [5, 5.41) is 7.22. The molecular formula is C13H23IN4O. The minimum absolute atomic E-state index is 0. The minimum atomic E-state index is 0. The second kappa shape index (κ2) is 7.72. The third-order valence-corrected chi connectivity index (χ3v) is 3.30. The first kappa shape index (κ1) is 16.3. The number of hydrogen-bond donors (Lipinski definition) is 1. The molecule has 6 heteroatoms. The van der Waals surface area contributed by atoms with E-state index in [0.717, 1.165) is 36.6 Å². The lowest BCUT2D eigenvalue weighted by atomic mass is 9.92. The number of nitrogens with one attached hydrogen (secondary N) is 1. The first-order chi connectivity index (χ1) is 8.69. The van der Waals surface area contributed by atoms with Gasteiger partial charge in [0.15, 0.2) is 5.96 Å². The van der Waals surface area contributed by atoms with E-state index in [1.54, 1.807) is 6.26 Å². The molecule has 5 nitrogen and oxygen atoms in total. The summed E-state index contributed by atoms with van der Waals surface area (Å²) in [4.78, 5) is 6.69. The van der Waals surface area contributed by atoms with Crippen LogP contribution < -0.4 is 5.32 Å². The van der Waals surface area contributed by atoms with Crippen LogP contribution in [0.15, 0.2) is 21.8 Å². The number of aromatic nitrogens is 1. The molecule has 19 heavy (non-hydrogen) atoms. The van der Waals surface area contributed by atoms with E-state index in [0.29, 0.717) is 6.54 Å². The van der Waals surface area contributed by atoms with Crippen molar-refractivity contribution in [3.05, 3.63) is 18.0 Å². The van der Waals surface area contributed by atoms with Crippen molar-refractivity contribution in [1.29, 1.82) is 0 Å². The van der Waals surface area contributed by atoms with Crippen LogP contribution in [0.2, 0.25) is 0 Å². The highest BCUT2D eigenvalue weighted by atomic mass is 127. The van der Waals surface area contributed by atoms with Crippen LogP contribution in [0.25, 0.3) is 0 Å². The van der Waals surface area contributed by atoms with Gasteiger partial charge in [0.25, 0.3) is 0 Å². The zero-order valence-corrected chi connectivity index (χ0v) is 14.1. The molecule has 1 aromatic heterocycles. The van der Waals surface area contributed by atoms with E-state index in [1.165, 1.54) is 6.42 Å². The molecule has 0 radical (unpaired) electrons. The first-order valence-corrected chi connectivity index (χ1v) is 6.54. The Labute approximate surface area is 131 Å². The third kappa shape index (κ3) is 4.67. The Hall–Kier alpha value is -0.790. The molecule has 1 fully saturated rings. The first-order valence-electron chi connectivity index (χ1n) is 6.54. The molecule has 1 N–H and O–H groups in total. The molecule has 1 aliphatic heterocycles. The van der Waals surface area contributed by atoms with Crippen molar-refractivity contribution in [3.8, 4) is 0 Å². The second-order valence-electron chi connectivity index (χ2n) is 5.24. The monoisotopic (exact) mass is 378 g/mol. The predicted octanol–water partition coefficient (Wildman–Crippen LogP) is 2.35. The Morgan fingerprint density at radius 1 is 1.47 bits per heavy atom. The molecular weight excluding hydrogens is 355 g/mol. The van der Waals surface area contributed by atoms with Gasteiger partial charge < -0.3 is 14.7 Å². The quantitative estimate of drug-likeness (QED) is 0.488. The Morgan fingerprint density at radius 2 is 2.16 bits per heavy atom. The highest BCUT2D eigenvalue weighted by Gasteiger charge is 2.23. The van der Waals surface area contributed by atoms with Crippen LogP contribution in [0, 0.1) is 11.8 Å². The van der Waals surface area contributed by atoms with Crippen LogP contribution in [-0.2, 0) is 6.54 Å². The maximum Gasteiger partial charge on any atom is 0.193 e. The molecule has 0 amide bonds. The third-order valence-electron chi connectivity index (χ3n) is 3.30. The highest BCUT2D eigenvalue weighted by molar-refractivity contribution is 14.0. The molecule has 2 atom stereocenters. The van der Waals surface area contributed by atoms with E-state index in [4.69, 9.17) is 4.52 Å². The molecule has 2 rings (SSSR count). The lowest BCUT2D eigenvalue weighted by Gasteiger charge is -2.37. The SMILES string of the molecule is CN=C(NCc1ccon1)N1CC(C)CC(C)C1.I. The molecule has 1 aliphatic rings. The molecule has 0 aliphatic carbocycles. The smallest absolute Gasteiger partial charge is 0.193 e. The summed E-state index contributed by atoms with van der Waals surface area (Å²) in [6.07, 6.45) is 2.89. The topological polar surface area (TPSA) is 53.7 Å². The standard InChI is InChI=1S/C13H22N4O.HI/c1-10-6-11(2)9-17(8-10)13(14-3)15-7-12-4-5-18-16-12;/h4-5,10-11H,6-9H2,1-3H3,(H,14,15);1H. The summed E-state index contributed by atoms with van der Waals surface area (Å²) in [5.74, 6) is 2.40. The normalized spacial score (nSPS) is 23.9. The number of nitrogens with zero attached hydrogens (tertiary/aromatic N) is 3. The van der Waals surface area contributed by atoms with Gasteiger partial charge in [0.1, 0.15) is 12.0 Å². The molecule has 0 bridgehead atoms. The van der Waals surface area contributed by atoms with E-state index >= 15 is 0 Å². The lowest BCUT2D eigenvalue weighted by molar-refractivity contribution is 0.208. The van der Waals surface area contributed by atoms with E-state index in [9.17, 15) is 0 Å². The number of rotatable bonds is 2. The number of guanidine groups is 1. The van der Waals surface area contributed by atoms with Crippen molar-refractivity contribution >= 4 is 29.9 Å². The van der Waals surface area contributed by atoms with E-state index in [1.807, 2.05) is 13.1 Å². The fourth-order valence-corrected chi connectivity index (χ4v) is 2.67. The van der Waals surface area contributed by atoms with Crippen molar-refractivity contribution in [1.82, 2.24) is 15.4 Å². The van der Waals surface area contributed by atoms with Crippen LogP contribution in [0.4, 0.5) is 0 Å². The molecule has 0 aromatic carbocycles. The van der Waals surface area contributed by atoms with Crippen LogP contribution in [-0.4, -0.2) is 36.2 Å². The summed E-state index contributed by atoms with van der Waals surface area (Å²) in [7, 11) is 1.83. The molecule has 2 heterocycles. The number of likely N-dealkylation sites (tertiary alicyclic amines) is 1. The second-order valence-corrected chi connectivity index (χ2v) is 5.24. The predicted molar refractivity (Wildman–Crippen MR) is 86.6 cm³/mol. The fourth-order valence-electron chi connectivity index (χ4n) is 2.67. The van der Waals surface area contributed by atoms with Gasteiger partial charge in [0.2, 0.25) is 0 Å². The molecule has 1 saturated heterocycles. The molecule has 1 aromatic rings. The van der Waals surface area contributed by atoms with Gasteiger partial charge in [-0.1, -0.05) is 19.0 Å². The molecule has 0 spiro atoms. The van der Waals surface area contributed by atoms with Crippen molar-refractivity contribution in [2.45, 2.75) is 26.8 Å². The van der Waals surface area contributed by atoms with Crippen molar-refractivity contribution < 1.29 is 4.52 Å². The van der Waals surface area contributed by atoms with Gasteiger partial charge in [0, 0.05) is 26.2 Å². The number of hydrogen-bond acceptors (Lipinski definition) is 3. The highest BCUT2D eigenvalue weighted by Crippen LogP contribution is 2.20. The Kier molecular flexibility index (Phi) is 6.60. The molecule has 108 valence electrons. The van der Waals surface area contributed by atoms with Crippen LogP contribution >= 0.6 is 24.0 Å². The van der Waals surface area contributed by atoms with Gasteiger partial charge in [-0.15, -0.1) is 24.0 Å². The number of aliphatic imine (C=N–C) groups is 1. The van der Waals surface area contributed by atoms with Crippen LogP contribution in [0.3, 0.4) is 0 Å². The number of halogens is 1. The summed E-state index contributed by atoms with van der Waals surface area (Å²) in [6.45, 7) is 7.40. The van der Waals surface area contributed by atoms with Gasteiger partial charge in [0.05, 0.1) is 6.54 Å². The van der Waals surface area contributed by atoms with E-state index in [2.05, 4.69) is 34.2 Å². The Morgan fingerprint density at radius 3 is 2.68 bits per heavy atom. The maximum atomic E-state index is 4.82. The van der Waals surface area contributed by atoms with Crippen LogP contribution in [0.1, 0.15) is 26.0 Å². The zero-order valence-electron chi connectivity index (χ0n) is 11.8. The van der Waals surface area contributed by atoms with E-state index in [-0.39, 0.29) is 24.0 Å². The minimum Gasteiger partial charge on any atom is -0.364 e. The van der Waals surface area contributed by atoms with Crippen molar-refractivity contribution in [3.63, 3.8) is 0 Å². The van der Waals surface area contributed by atoms with Crippen LogP contribution in [0.5, 0.6) is 0 Å². The summed E-state index contributed by atoms with van der Waals surface area (Å²) >= 11 is 0. The fraction of sp³-hybridized carbons (Fsp3) is 0.692. The van der Waals surface area contributed by atoms with Gasteiger partial charge in [-0.25, -0.2) is 0 Å². The Balaban J connectivity index is 0.00000180. The van der Waals surface area contributed by atoms with Crippen molar-refractivity contribution in [2.75, 3.05) is 20.1 Å². The molecule has 2 unspecified atom stereocenters. The lowest BCUT2D eigenvalue weighted by Crippen LogP contribution is -2.48. The molecule has 0 saturated carbocycles. The Bertz CT molecular complexity index is 383. The summed E-state index contributed by atoms with van der Waals surface area (Å²) in [6, 6.07) is 1.86. The summed E-state index contributed by atoms with van der Waals surface area (Å²) in [5.41, 5.74) is 0.897. The van der Waals surface area contributed by atoms with Gasteiger partial charge >= 0.3 is 0 Å². The van der Waals surface area contributed by atoms with Gasteiger partial charge in [-0.05, 0) is 18.3 Å². The number of piperidine rings is 1. The zero-order chi connectivity index (χ0) is 13.0. The van der Waals surface area contributed by atoms with Crippen molar-refractivity contribution in [2.24, 2.45) is 16.8 Å².